The van der Waals surface area contributed by atoms with Crippen molar-refractivity contribution in [1.29, 1.82) is 0 Å². The molecular weight excluding hydrogens is 301 g/mol. The van der Waals surface area contributed by atoms with Gasteiger partial charge in [0.1, 0.15) is 5.82 Å². The van der Waals surface area contributed by atoms with E-state index in [1.165, 1.54) is 12.3 Å². The van der Waals surface area contributed by atoms with Crippen LogP contribution in [0.15, 0.2) is 18.2 Å². The van der Waals surface area contributed by atoms with Crippen LogP contribution in [0.25, 0.3) is 0 Å². The lowest BCUT2D eigenvalue weighted by Gasteiger charge is -2.33. The fourth-order valence-electron chi connectivity index (χ4n) is 1.98. The zero-order valence-corrected chi connectivity index (χ0v) is 13.8. The molecule has 0 aliphatic carbocycles. The molecule has 0 aromatic heterocycles. The van der Waals surface area contributed by atoms with E-state index in [4.69, 9.17) is 11.6 Å². The Hall–Kier alpha value is -0.650. The van der Waals surface area contributed by atoms with Gasteiger partial charge in [0.15, 0.2) is 9.84 Å². The molecule has 0 aliphatic heterocycles. The molecular formula is C14H21ClFNO2S. The van der Waals surface area contributed by atoms with E-state index in [0.717, 1.165) is 0 Å². The number of benzene rings is 1. The first-order chi connectivity index (χ1) is 9.09. The minimum Gasteiger partial charge on any atom is -0.312 e. The van der Waals surface area contributed by atoms with Crippen molar-refractivity contribution in [2.75, 3.05) is 12.8 Å². The van der Waals surface area contributed by atoms with E-state index in [1.807, 2.05) is 6.92 Å². The fraction of sp³-hybridized carbons (Fsp3) is 0.571. The quantitative estimate of drug-likeness (QED) is 0.876. The second-order valence-electron chi connectivity index (χ2n) is 5.43. The van der Waals surface area contributed by atoms with Gasteiger partial charge in [-0.3, -0.25) is 0 Å². The molecule has 1 unspecified atom stereocenters. The molecule has 114 valence electrons. The second kappa shape index (κ2) is 6.41. The minimum atomic E-state index is -3.28. The standard InChI is InChI=1S/C14H21ClFNO2S/c1-5-17-13(14(2,3)20(4,18)19)8-10-6-7-11(15)9-12(10)16/h6-7,9,13,17H,5,8H2,1-4H3. The molecule has 0 radical (unpaired) electrons. The van der Waals surface area contributed by atoms with Crippen LogP contribution >= 0.6 is 11.6 Å². The largest absolute Gasteiger partial charge is 0.312 e. The zero-order valence-electron chi connectivity index (χ0n) is 12.2. The monoisotopic (exact) mass is 321 g/mol. The Morgan fingerprint density at radius 2 is 2.00 bits per heavy atom. The maximum atomic E-state index is 13.9. The molecule has 1 atom stereocenters. The summed E-state index contributed by atoms with van der Waals surface area (Å²) in [6.07, 6.45) is 1.49. The lowest BCUT2D eigenvalue weighted by molar-refractivity contribution is 0.408. The summed E-state index contributed by atoms with van der Waals surface area (Å²) < 4.78 is 36.8. The minimum absolute atomic E-state index is 0.289. The van der Waals surface area contributed by atoms with E-state index in [0.29, 0.717) is 17.1 Å². The summed E-state index contributed by atoms with van der Waals surface area (Å²) in [6.45, 7) is 5.81. The van der Waals surface area contributed by atoms with Crippen molar-refractivity contribution in [2.24, 2.45) is 0 Å². The number of rotatable bonds is 6. The molecule has 6 heteroatoms. The molecule has 0 spiro atoms. The molecule has 1 aromatic rings. The van der Waals surface area contributed by atoms with Crippen LogP contribution in [0.3, 0.4) is 0 Å². The van der Waals surface area contributed by atoms with Gasteiger partial charge in [0, 0.05) is 17.3 Å². The first-order valence-electron chi connectivity index (χ1n) is 6.46. The van der Waals surface area contributed by atoms with Gasteiger partial charge in [0.05, 0.1) is 4.75 Å². The predicted molar refractivity (Wildman–Crippen MR) is 81.5 cm³/mol. The predicted octanol–water partition coefficient (Wildman–Crippen LogP) is 2.82. The van der Waals surface area contributed by atoms with Crippen molar-refractivity contribution in [2.45, 2.75) is 38.0 Å². The van der Waals surface area contributed by atoms with Crippen molar-refractivity contribution in [3.63, 3.8) is 0 Å². The van der Waals surface area contributed by atoms with Crippen LogP contribution in [0.4, 0.5) is 4.39 Å². The normalized spacial score (nSPS) is 14.3. The average Bonchev–Trinajstić information content (AvgIpc) is 2.30. The third-order valence-corrected chi connectivity index (χ3v) is 6.12. The molecule has 1 aromatic carbocycles. The Morgan fingerprint density at radius 1 is 1.40 bits per heavy atom. The van der Waals surface area contributed by atoms with Gasteiger partial charge in [0.25, 0.3) is 0 Å². The second-order valence-corrected chi connectivity index (χ2v) is 8.46. The topological polar surface area (TPSA) is 46.2 Å². The molecule has 0 saturated carbocycles. The molecule has 0 saturated heterocycles. The summed E-state index contributed by atoms with van der Waals surface area (Å²) in [7, 11) is -3.28. The molecule has 20 heavy (non-hydrogen) atoms. The van der Waals surface area contributed by atoms with Crippen LogP contribution in [0.5, 0.6) is 0 Å². The summed E-state index contributed by atoms with van der Waals surface area (Å²) in [5, 5.41) is 3.47. The van der Waals surface area contributed by atoms with Gasteiger partial charge in [-0.2, -0.15) is 0 Å². The Kier molecular flexibility index (Phi) is 5.58. The summed E-state index contributed by atoms with van der Waals surface area (Å²) in [6, 6.07) is 4.07. The van der Waals surface area contributed by atoms with Crippen molar-refractivity contribution >= 4 is 21.4 Å². The van der Waals surface area contributed by atoms with Gasteiger partial charge < -0.3 is 5.32 Å². The van der Waals surface area contributed by atoms with Crippen molar-refractivity contribution < 1.29 is 12.8 Å². The molecule has 3 nitrogen and oxygen atoms in total. The number of hydrogen-bond donors (Lipinski definition) is 1. The molecule has 0 bridgehead atoms. The third-order valence-electron chi connectivity index (χ3n) is 3.68. The molecule has 1 N–H and O–H groups in total. The first-order valence-corrected chi connectivity index (χ1v) is 8.73. The smallest absolute Gasteiger partial charge is 0.154 e. The van der Waals surface area contributed by atoms with Crippen LogP contribution < -0.4 is 5.32 Å². The Labute approximate surface area is 125 Å². The summed E-state index contributed by atoms with van der Waals surface area (Å²) >= 11 is 5.73. The van der Waals surface area contributed by atoms with Crippen LogP contribution in [-0.4, -0.2) is 32.0 Å². The summed E-state index contributed by atoms with van der Waals surface area (Å²) in [5.74, 6) is -0.412. The summed E-state index contributed by atoms with van der Waals surface area (Å²) in [5.41, 5.74) is 0.456. The van der Waals surface area contributed by atoms with E-state index < -0.39 is 20.4 Å². The molecule has 0 amide bonds. The van der Waals surface area contributed by atoms with E-state index in [2.05, 4.69) is 5.32 Å². The Morgan fingerprint density at radius 3 is 2.45 bits per heavy atom. The van der Waals surface area contributed by atoms with Crippen LogP contribution in [0.2, 0.25) is 5.02 Å². The molecule has 1 rings (SSSR count). The Balaban J connectivity index is 3.10. The fourth-order valence-corrected chi connectivity index (χ4v) is 2.82. The van der Waals surface area contributed by atoms with Crippen LogP contribution in [0, 0.1) is 5.82 Å². The van der Waals surface area contributed by atoms with Gasteiger partial charge in [-0.1, -0.05) is 24.6 Å². The third kappa shape index (κ3) is 3.93. The highest BCUT2D eigenvalue weighted by molar-refractivity contribution is 7.92. The lowest BCUT2D eigenvalue weighted by atomic mass is 9.95. The van der Waals surface area contributed by atoms with Gasteiger partial charge in [-0.15, -0.1) is 0 Å². The number of likely N-dealkylation sites (N-methyl/N-ethyl adjacent to an activating group) is 1. The first kappa shape index (κ1) is 17.4. The van der Waals surface area contributed by atoms with E-state index >= 15 is 0 Å². The number of hydrogen-bond acceptors (Lipinski definition) is 3. The van der Waals surface area contributed by atoms with Crippen molar-refractivity contribution in [1.82, 2.24) is 5.32 Å². The van der Waals surface area contributed by atoms with Gasteiger partial charge in [-0.25, -0.2) is 12.8 Å². The van der Waals surface area contributed by atoms with Crippen LogP contribution in [-0.2, 0) is 16.3 Å². The van der Waals surface area contributed by atoms with E-state index in [9.17, 15) is 12.8 Å². The highest BCUT2D eigenvalue weighted by Gasteiger charge is 2.38. The highest BCUT2D eigenvalue weighted by Crippen LogP contribution is 2.25. The lowest BCUT2D eigenvalue weighted by Crippen LogP contribution is -2.52. The number of nitrogens with one attached hydrogen (secondary N) is 1. The maximum Gasteiger partial charge on any atom is 0.154 e. The van der Waals surface area contributed by atoms with E-state index in [1.54, 1.807) is 26.0 Å². The number of sulfone groups is 1. The average molecular weight is 322 g/mol. The molecule has 0 heterocycles. The van der Waals surface area contributed by atoms with Gasteiger partial charge in [0.2, 0.25) is 0 Å². The van der Waals surface area contributed by atoms with Gasteiger partial charge in [-0.05, 0) is 44.5 Å². The van der Waals surface area contributed by atoms with Crippen molar-refractivity contribution in [3.8, 4) is 0 Å². The summed E-state index contributed by atoms with van der Waals surface area (Å²) in [4.78, 5) is 0. The van der Waals surface area contributed by atoms with E-state index in [-0.39, 0.29) is 12.5 Å². The van der Waals surface area contributed by atoms with Crippen molar-refractivity contribution in [3.05, 3.63) is 34.6 Å². The Bertz CT molecular complexity index is 573. The SMILES string of the molecule is CCNC(Cc1ccc(Cl)cc1F)C(C)(C)S(C)(=O)=O. The molecule has 0 aliphatic rings. The highest BCUT2D eigenvalue weighted by atomic mass is 35.5. The van der Waals surface area contributed by atoms with Crippen LogP contribution in [0.1, 0.15) is 26.3 Å². The van der Waals surface area contributed by atoms with Gasteiger partial charge >= 0.3 is 0 Å². The molecule has 0 fully saturated rings. The zero-order chi connectivity index (χ0) is 15.6. The maximum absolute atomic E-state index is 13.9. The number of halogens is 2.